The maximum Gasteiger partial charge on any atom is 0.134 e. The predicted molar refractivity (Wildman–Crippen MR) is 79.3 cm³/mol. The van der Waals surface area contributed by atoms with E-state index in [0.29, 0.717) is 17.1 Å². The Morgan fingerprint density at radius 2 is 2.05 bits per heavy atom. The Kier molecular flexibility index (Phi) is 4.31. The monoisotopic (exact) mass is 336 g/mol. The second kappa shape index (κ2) is 5.96. The molecule has 0 aromatic heterocycles. The molecule has 2 aromatic rings. The second-order valence-electron chi connectivity index (χ2n) is 3.95. The SMILES string of the molecule is N#Cc1ccc(NCc2ccc(O)c(Cl)c2)c(Br)c1. The summed E-state index contributed by atoms with van der Waals surface area (Å²) in [5.74, 6) is 0.0740. The smallest absolute Gasteiger partial charge is 0.134 e. The van der Waals surface area contributed by atoms with Crippen molar-refractivity contribution in [1.29, 1.82) is 5.26 Å². The van der Waals surface area contributed by atoms with Gasteiger partial charge in [-0.05, 0) is 51.8 Å². The van der Waals surface area contributed by atoms with Crippen LogP contribution in [0.5, 0.6) is 5.75 Å². The van der Waals surface area contributed by atoms with Gasteiger partial charge in [0.25, 0.3) is 0 Å². The summed E-state index contributed by atoms with van der Waals surface area (Å²) >= 11 is 9.25. The Bertz CT molecular complexity index is 652. The Morgan fingerprint density at radius 3 is 2.68 bits per heavy atom. The van der Waals surface area contributed by atoms with Crippen LogP contribution in [0.2, 0.25) is 5.02 Å². The molecule has 0 atom stereocenters. The van der Waals surface area contributed by atoms with Gasteiger partial charge in [0.15, 0.2) is 0 Å². The summed E-state index contributed by atoms with van der Waals surface area (Å²) in [5, 5.41) is 21.7. The molecule has 19 heavy (non-hydrogen) atoms. The molecule has 0 heterocycles. The highest BCUT2D eigenvalue weighted by Gasteiger charge is 2.03. The van der Waals surface area contributed by atoms with Gasteiger partial charge in [-0.3, -0.25) is 0 Å². The number of benzene rings is 2. The van der Waals surface area contributed by atoms with Crippen molar-refractivity contribution in [2.24, 2.45) is 0 Å². The standard InChI is InChI=1S/C14H10BrClN2O/c15-11-5-9(7-17)1-3-13(11)18-8-10-2-4-14(19)12(16)6-10/h1-6,18-19H,8H2. The van der Waals surface area contributed by atoms with Gasteiger partial charge in [-0.1, -0.05) is 17.7 Å². The van der Waals surface area contributed by atoms with Gasteiger partial charge in [-0.25, -0.2) is 0 Å². The van der Waals surface area contributed by atoms with Gasteiger partial charge in [0.05, 0.1) is 16.7 Å². The van der Waals surface area contributed by atoms with Crippen LogP contribution in [0, 0.1) is 11.3 Å². The third-order valence-corrected chi connectivity index (χ3v) is 3.55. The number of aromatic hydroxyl groups is 1. The van der Waals surface area contributed by atoms with E-state index < -0.39 is 0 Å². The summed E-state index contributed by atoms with van der Waals surface area (Å²) in [6.45, 7) is 0.574. The molecule has 0 saturated heterocycles. The average molecular weight is 338 g/mol. The van der Waals surface area contributed by atoms with Gasteiger partial charge in [-0.2, -0.15) is 5.26 Å². The highest BCUT2D eigenvalue weighted by Crippen LogP contribution is 2.26. The molecule has 5 heteroatoms. The van der Waals surface area contributed by atoms with Gasteiger partial charge >= 0.3 is 0 Å². The van der Waals surface area contributed by atoms with Crippen molar-refractivity contribution >= 4 is 33.2 Å². The largest absolute Gasteiger partial charge is 0.506 e. The molecule has 0 aliphatic carbocycles. The number of phenolic OH excluding ortho intramolecular Hbond substituents is 1. The number of halogens is 2. The molecular formula is C14H10BrClN2O. The second-order valence-corrected chi connectivity index (χ2v) is 5.21. The summed E-state index contributed by atoms with van der Waals surface area (Å²) in [7, 11) is 0. The van der Waals surface area contributed by atoms with Crippen molar-refractivity contribution in [1.82, 2.24) is 0 Å². The number of hydrogen-bond acceptors (Lipinski definition) is 3. The number of phenols is 1. The summed E-state index contributed by atoms with van der Waals surface area (Å²) in [6, 6.07) is 12.5. The van der Waals surface area contributed by atoms with Crippen molar-refractivity contribution in [2.45, 2.75) is 6.54 Å². The van der Waals surface area contributed by atoms with Crippen LogP contribution in [0.25, 0.3) is 0 Å². The molecule has 0 aliphatic heterocycles. The van der Waals surface area contributed by atoms with E-state index in [-0.39, 0.29) is 5.75 Å². The summed E-state index contributed by atoms with van der Waals surface area (Å²) < 4.78 is 0.830. The fraction of sp³-hybridized carbons (Fsp3) is 0.0714. The molecule has 2 rings (SSSR count). The molecule has 0 unspecified atom stereocenters. The minimum Gasteiger partial charge on any atom is -0.506 e. The number of rotatable bonds is 3. The molecule has 2 aromatic carbocycles. The first kappa shape index (κ1) is 13.7. The fourth-order valence-electron chi connectivity index (χ4n) is 1.59. The zero-order chi connectivity index (χ0) is 13.8. The predicted octanol–water partition coefficient (Wildman–Crippen LogP) is 4.29. The fourth-order valence-corrected chi connectivity index (χ4v) is 2.31. The normalized spacial score (nSPS) is 9.95. The Morgan fingerprint density at radius 1 is 1.26 bits per heavy atom. The average Bonchev–Trinajstić information content (AvgIpc) is 2.41. The first-order chi connectivity index (χ1) is 9.10. The van der Waals surface area contributed by atoms with Crippen molar-refractivity contribution in [3.8, 4) is 11.8 Å². The Balaban J connectivity index is 2.10. The van der Waals surface area contributed by atoms with Crippen molar-refractivity contribution < 1.29 is 5.11 Å². The first-order valence-electron chi connectivity index (χ1n) is 5.51. The van der Waals surface area contributed by atoms with Crippen LogP contribution in [0.15, 0.2) is 40.9 Å². The lowest BCUT2D eigenvalue weighted by atomic mass is 10.2. The quantitative estimate of drug-likeness (QED) is 0.878. The topological polar surface area (TPSA) is 56.0 Å². The van der Waals surface area contributed by atoms with Crippen LogP contribution in [-0.2, 0) is 6.54 Å². The maximum absolute atomic E-state index is 9.34. The third-order valence-electron chi connectivity index (χ3n) is 2.59. The number of anilines is 1. The van der Waals surface area contributed by atoms with E-state index in [0.717, 1.165) is 15.7 Å². The van der Waals surface area contributed by atoms with E-state index >= 15 is 0 Å². The highest BCUT2D eigenvalue weighted by molar-refractivity contribution is 9.10. The van der Waals surface area contributed by atoms with Gasteiger partial charge in [0, 0.05) is 16.7 Å². The summed E-state index contributed by atoms with van der Waals surface area (Å²) in [6.07, 6.45) is 0. The summed E-state index contributed by atoms with van der Waals surface area (Å²) in [4.78, 5) is 0. The number of nitriles is 1. The maximum atomic E-state index is 9.34. The molecule has 0 saturated carbocycles. The molecule has 0 bridgehead atoms. The van der Waals surface area contributed by atoms with E-state index in [9.17, 15) is 5.11 Å². The molecule has 0 radical (unpaired) electrons. The minimum atomic E-state index is 0.0740. The van der Waals surface area contributed by atoms with E-state index in [2.05, 4.69) is 27.3 Å². The molecule has 0 fully saturated rings. The molecule has 0 spiro atoms. The Hall–Kier alpha value is -1.70. The van der Waals surface area contributed by atoms with Crippen molar-refractivity contribution in [2.75, 3.05) is 5.32 Å². The van der Waals surface area contributed by atoms with Crippen LogP contribution in [0.3, 0.4) is 0 Å². The number of nitrogens with one attached hydrogen (secondary N) is 1. The summed E-state index contributed by atoms with van der Waals surface area (Å²) in [5.41, 5.74) is 2.45. The molecule has 0 amide bonds. The Labute approximate surface area is 124 Å². The van der Waals surface area contributed by atoms with Crippen LogP contribution >= 0.6 is 27.5 Å². The van der Waals surface area contributed by atoms with Crippen LogP contribution in [0.1, 0.15) is 11.1 Å². The molecule has 0 aliphatic rings. The lowest BCUT2D eigenvalue weighted by molar-refractivity contribution is 0.475. The van der Waals surface area contributed by atoms with E-state index in [4.69, 9.17) is 16.9 Å². The van der Waals surface area contributed by atoms with Gasteiger partial charge in [-0.15, -0.1) is 0 Å². The molecular weight excluding hydrogens is 328 g/mol. The lowest BCUT2D eigenvalue weighted by Crippen LogP contribution is -2.00. The number of hydrogen-bond donors (Lipinski definition) is 2. The zero-order valence-electron chi connectivity index (χ0n) is 9.82. The molecule has 2 N–H and O–H groups in total. The lowest BCUT2D eigenvalue weighted by Gasteiger charge is -2.09. The van der Waals surface area contributed by atoms with E-state index in [1.165, 1.54) is 0 Å². The van der Waals surface area contributed by atoms with Gasteiger partial charge in [0.2, 0.25) is 0 Å². The minimum absolute atomic E-state index is 0.0740. The van der Waals surface area contributed by atoms with E-state index in [1.54, 1.807) is 30.3 Å². The van der Waals surface area contributed by atoms with Crippen molar-refractivity contribution in [3.05, 3.63) is 57.0 Å². The van der Waals surface area contributed by atoms with E-state index in [1.807, 2.05) is 6.07 Å². The first-order valence-corrected chi connectivity index (χ1v) is 6.68. The van der Waals surface area contributed by atoms with Crippen LogP contribution < -0.4 is 5.32 Å². The zero-order valence-corrected chi connectivity index (χ0v) is 12.2. The van der Waals surface area contributed by atoms with Crippen LogP contribution in [-0.4, -0.2) is 5.11 Å². The van der Waals surface area contributed by atoms with Gasteiger partial charge < -0.3 is 10.4 Å². The van der Waals surface area contributed by atoms with Gasteiger partial charge in [0.1, 0.15) is 5.75 Å². The number of nitrogens with zero attached hydrogens (tertiary/aromatic N) is 1. The molecule has 96 valence electrons. The highest BCUT2D eigenvalue weighted by atomic mass is 79.9. The van der Waals surface area contributed by atoms with Crippen LogP contribution in [0.4, 0.5) is 5.69 Å². The third kappa shape index (κ3) is 3.40. The molecule has 3 nitrogen and oxygen atoms in total. The van der Waals surface area contributed by atoms with Crippen molar-refractivity contribution in [3.63, 3.8) is 0 Å².